The summed E-state index contributed by atoms with van der Waals surface area (Å²) in [7, 11) is 1.57. The molecule has 29 heavy (non-hydrogen) atoms. The molecule has 0 saturated carbocycles. The van der Waals surface area contributed by atoms with Crippen LogP contribution >= 0.6 is 0 Å². The number of carbonyl (C=O) groups excluding carboxylic acids is 3. The van der Waals surface area contributed by atoms with Gasteiger partial charge >= 0.3 is 6.03 Å². The van der Waals surface area contributed by atoms with Gasteiger partial charge in [0.2, 0.25) is 0 Å². The second-order valence-corrected chi connectivity index (χ2v) is 6.90. The van der Waals surface area contributed by atoms with Crippen LogP contribution in [0.3, 0.4) is 0 Å². The van der Waals surface area contributed by atoms with Crippen LogP contribution < -0.4 is 15.4 Å². The maximum Gasteiger partial charge on any atom is 0.322 e. The predicted molar refractivity (Wildman–Crippen MR) is 108 cm³/mol. The first-order chi connectivity index (χ1) is 13.9. The topological polar surface area (TPSA) is 87.7 Å². The molecule has 0 aliphatic carbocycles. The average Bonchev–Trinajstić information content (AvgIpc) is 3.16. The summed E-state index contributed by atoms with van der Waals surface area (Å²) < 4.78 is 5.22. The summed E-state index contributed by atoms with van der Waals surface area (Å²) in [6, 6.07) is 4.71. The Balaban J connectivity index is 1.82. The molecule has 2 N–H and O–H groups in total. The number of fused-ring (bicyclic) bond motifs is 1. The zero-order valence-electron chi connectivity index (χ0n) is 16.7. The monoisotopic (exact) mass is 393 g/mol. The number of nitrogens with one attached hydrogen (secondary N) is 2. The number of rotatable bonds is 6. The standard InChI is InChI=1S/C22H23N3O4/c1-4-7-15(5-2)8-6-11-22(20(27)23-21(28)24-22)14-25-13-16-12-17(29-3)9-10-18(16)19(25)26/h5-6,8-10,12H,11,13-14H2,1-3H3,(H2,23,24,27,28)/b8-6-,15-5-. The van der Waals surface area contributed by atoms with Crippen molar-refractivity contribution in [2.24, 2.45) is 0 Å². The van der Waals surface area contributed by atoms with Gasteiger partial charge in [0.15, 0.2) is 0 Å². The lowest BCUT2D eigenvalue weighted by Crippen LogP contribution is -2.55. The van der Waals surface area contributed by atoms with E-state index < -0.39 is 17.5 Å². The van der Waals surface area contributed by atoms with E-state index in [-0.39, 0.29) is 18.9 Å². The molecule has 4 amide bonds. The number of ether oxygens (including phenoxy) is 1. The predicted octanol–water partition coefficient (Wildman–Crippen LogP) is 2.15. The van der Waals surface area contributed by atoms with Gasteiger partial charge in [0.1, 0.15) is 11.3 Å². The van der Waals surface area contributed by atoms with Gasteiger partial charge in [-0.05, 0) is 44.0 Å². The van der Waals surface area contributed by atoms with Crippen LogP contribution in [0.2, 0.25) is 0 Å². The summed E-state index contributed by atoms with van der Waals surface area (Å²) in [4.78, 5) is 38.9. The Morgan fingerprint density at radius 1 is 1.34 bits per heavy atom. The molecule has 1 fully saturated rings. The van der Waals surface area contributed by atoms with Gasteiger partial charge in [-0.3, -0.25) is 14.9 Å². The molecule has 150 valence electrons. The van der Waals surface area contributed by atoms with Crippen molar-refractivity contribution in [2.75, 3.05) is 13.7 Å². The summed E-state index contributed by atoms with van der Waals surface area (Å²) in [5, 5.41) is 5.00. The first-order valence-corrected chi connectivity index (χ1v) is 9.28. The fourth-order valence-electron chi connectivity index (χ4n) is 3.53. The molecule has 0 radical (unpaired) electrons. The molecule has 7 nitrogen and oxygen atoms in total. The van der Waals surface area contributed by atoms with Crippen molar-refractivity contribution < 1.29 is 19.1 Å². The number of nitrogens with zero attached hydrogens (tertiary/aromatic N) is 1. The minimum absolute atomic E-state index is 0.0649. The van der Waals surface area contributed by atoms with Crippen molar-refractivity contribution in [1.82, 2.24) is 15.5 Å². The smallest absolute Gasteiger partial charge is 0.322 e. The number of amides is 4. The van der Waals surface area contributed by atoms with E-state index in [1.54, 1.807) is 43.2 Å². The summed E-state index contributed by atoms with van der Waals surface area (Å²) in [6.45, 7) is 4.03. The van der Waals surface area contributed by atoms with Crippen molar-refractivity contribution in [3.05, 3.63) is 53.1 Å². The van der Waals surface area contributed by atoms with Gasteiger partial charge < -0.3 is 15.0 Å². The van der Waals surface area contributed by atoms with E-state index in [4.69, 9.17) is 4.74 Å². The van der Waals surface area contributed by atoms with Crippen LogP contribution in [0.4, 0.5) is 4.79 Å². The number of benzene rings is 1. The highest BCUT2D eigenvalue weighted by molar-refractivity contribution is 6.08. The van der Waals surface area contributed by atoms with Crippen molar-refractivity contribution in [3.8, 4) is 17.6 Å². The molecular weight excluding hydrogens is 370 g/mol. The maximum absolute atomic E-state index is 12.8. The van der Waals surface area contributed by atoms with Crippen LogP contribution in [-0.2, 0) is 11.3 Å². The third-order valence-corrected chi connectivity index (χ3v) is 5.01. The van der Waals surface area contributed by atoms with E-state index in [0.29, 0.717) is 17.9 Å². The zero-order valence-corrected chi connectivity index (χ0v) is 16.7. The van der Waals surface area contributed by atoms with E-state index >= 15 is 0 Å². The highest BCUT2D eigenvalue weighted by atomic mass is 16.5. The number of imide groups is 1. The van der Waals surface area contributed by atoms with Gasteiger partial charge in [0.05, 0.1) is 13.7 Å². The lowest BCUT2D eigenvalue weighted by atomic mass is 9.93. The second kappa shape index (κ2) is 8.23. The Morgan fingerprint density at radius 2 is 2.14 bits per heavy atom. The number of urea groups is 1. The molecule has 7 heteroatoms. The maximum atomic E-state index is 12.8. The average molecular weight is 393 g/mol. The Bertz CT molecular complexity index is 984. The summed E-state index contributed by atoms with van der Waals surface area (Å²) in [6.07, 6.45) is 5.70. The number of allylic oxidation sites excluding steroid dienone is 3. The molecule has 1 unspecified atom stereocenters. The van der Waals surface area contributed by atoms with Crippen molar-refractivity contribution in [3.63, 3.8) is 0 Å². The molecule has 2 heterocycles. The van der Waals surface area contributed by atoms with Gasteiger partial charge in [-0.25, -0.2) is 4.79 Å². The fraction of sp³-hybridized carbons (Fsp3) is 0.318. The molecule has 2 aliphatic heterocycles. The van der Waals surface area contributed by atoms with Gasteiger partial charge in [-0.2, -0.15) is 0 Å². The Morgan fingerprint density at radius 3 is 2.76 bits per heavy atom. The summed E-state index contributed by atoms with van der Waals surface area (Å²) in [5.41, 5.74) is 0.993. The second-order valence-electron chi connectivity index (χ2n) is 6.90. The fourth-order valence-corrected chi connectivity index (χ4v) is 3.53. The molecule has 0 spiro atoms. The number of methoxy groups -OCH3 is 1. The largest absolute Gasteiger partial charge is 0.497 e. The highest BCUT2D eigenvalue weighted by Gasteiger charge is 2.48. The molecule has 1 aromatic rings. The first kappa shape index (κ1) is 20.2. The van der Waals surface area contributed by atoms with Crippen molar-refractivity contribution in [2.45, 2.75) is 32.4 Å². The normalized spacial score (nSPS) is 21.0. The van der Waals surface area contributed by atoms with Crippen LogP contribution in [0.5, 0.6) is 5.75 Å². The quantitative estimate of drug-likeness (QED) is 0.440. The highest BCUT2D eigenvalue weighted by Crippen LogP contribution is 2.29. The molecule has 3 rings (SSSR count). The van der Waals surface area contributed by atoms with Crippen LogP contribution in [0.25, 0.3) is 0 Å². The van der Waals surface area contributed by atoms with Crippen LogP contribution in [0, 0.1) is 11.8 Å². The van der Waals surface area contributed by atoms with E-state index in [9.17, 15) is 14.4 Å². The number of hydrogen-bond acceptors (Lipinski definition) is 4. The van der Waals surface area contributed by atoms with Crippen molar-refractivity contribution in [1.29, 1.82) is 0 Å². The van der Waals surface area contributed by atoms with E-state index in [2.05, 4.69) is 22.5 Å². The molecule has 0 aromatic heterocycles. The Labute approximate surface area is 169 Å². The van der Waals surface area contributed by atoms with Gasteiger partial charge in [-0.15, -0.1) is 5.92 Å². The van der Waals surface area contributed by atoms with Crippen LogP contribution in [0.15, 0.2) is 42.0 Å². The lowest BCUT2D eigenvalue weighted by Gasteiger charge is -2.30. The Hall–Kier alpha value is -3.53. The molecule has 1 aromatic carbocycles. The Kier molecular flexibility index (Phi) is 5.74. The van der Waals surface area contributed by atoms with Gasteiger partial charge in [0, 0.05) is 17.7 Å². The van der Waals surface area contributed by atoms with Crippen LogP contribution in [0.1, 0.15) is 36.2 Å². The van der Waals surface area contributed by atoms with E-state index in [1.807, 2.05) is 19.1 Å². The molecule has 1 saturated heterocycles. The number of hydrogen-bond donors (Lipinski definition) is 2. The third kappa shape index (κ3) is 4.02. The van der Waals surface area contributed by atoms with Gasteiger partial charge in [-0.1, -0.05) is 24.1 Å². The molecule has 0 bridgehead atoms. The van der Waals surface area contributed by atoms with E-state index in [0.717, 1.165) is 11.1 Å². The third-order valence-electron chi connectivity index (χ3n) is 5.01. The molecule has 2 aliphatic rings. The zero-order chi connectivity index (χ0) is 21.0. The molecule has 1 atom stereocenters. The van der Waals surface area contributed by atoms with Crippen LogP contribution in [-0.4, -0.2) is 41.9 Å². The number of carbonyl (C=O) groups is 3. The lowest BCUT2D eigenvalue weighted by molar-refractivity contribution is -0.124. The SMILES string of the molecule is CC#CC(/C=C\CC1(CN2Cc3cc(OC)ccc3C2=O)NC(=O)NC1=O)=C/C. The van der Waals surface area contributed by atoms with Crippen molar-refractivity contribution >= 4 is 17.8 Å². The van der Waals surface area contributed by atoms with E-state index in [1.165, 1.54) is 0 Å². The summed E-state index contributed by atoms with van der Waals surface area (Å²) in [5.74, 6) is 5.82. The summed E-state index contributed by atoms with van der Waals surface area (Å²) >= 11 is 0. The molecular formula is C22H23N3O4. The van der Waals surface area contributed by atoms with Gasteiger partial charge in [0.25, 0.3) is 11.8 Å². The first-order valence-electron chi connectivity index (χ1n) is 9.28. The minimum atomic E-state index is -1.23. The minimum Gasteiger partial charge on any atom is -0.497 e.